The molecule has 0 aromatic heterocycles. The fourth-order valence-corrected chi connectivity index (χ4v) is 1.88. The number of hydrogen-bond acceptors (Lipinski definition) is 3. The minimum Gasteiger partial charge on any atom is -0.390 e. The van der Waals surface area contributed by atoms with Gasteiger partial charge in [-0.05, 0) is 19.4 Å². The van der Waals surface area contributed by atoms with E-state index < -0.39 is 0 Å². The molecule has 3 heteroatoms. The average molecular weight is 142 g/mol. The zero-order chi connectivity index (χ0) is 6.97. The highest BCUT2D eigenvalue weighted by atomic mass is 16.3. The first-order chi connectivity index (χ1) is 4.86. The van der Waals surface area contributed by atoms with E-state index in [1.807, 2.05) is 0 Å². The Hall–Kier alpha value is -0.120. The van der Waals surface area contributed by atoms with Gasteiger partial charge in [0.1, 0.15) is 0 Å². The molecule has 2 atom stereocenters. The molecule has 0 bridgehead atoms. The van der Waals surface area contributed by atoms with Crippen molar-refractivity contribution in [1.29, 1.82) is 0 Å². The van der Waals surface area contributed by atoms with E-state index >= 15 is 0 Å². The zero-order valence-corrected chi connectivity index (χ0v) is 6.08. The summed E-state index contributed by atoms with van der Waals surface area (Å²) in [6.45, 7) is 2.81. The summed E-state index contributed by atoms with van der Waals surface area (Å²) >= 11 is 0. The molecule has 58 valence electrons. The lowest BCUT2D eigenvalue weighted by Gasteiger charge is -2.33. The standard InChI is InChI=1S/C7H14N2O/c10-6-4-8-7-2-1-3-9(7)5-6/h6-8,10H,1-5H2. The molecule has 3 nitrogen and oxygen atoms in total. The second-order valence-electron chi connectivity index (χ2n) is 3.22. The maximum atomic E-state index is 9.25. The van der Waals surface area contributed by atoms with Crippen LogP contribution in [0.25, 0.3) is 0 Å². The van der Waals surface area contributed by atoms with Gasteiger partial charge in [-0.2, -0.15) is 0 Å². The summed E-state index contributed by atoms with van der Waals surface area (Å²) in [6, 6.07) is 0. The Morgan fingerprint density at radius 3 is 3.30 bits per heavy atom. The topological polar surface area (TPSA) is 35.5 Å². The van der Waals surface area contributed by atoms with Crippen LogP contribution in [0.2, 0.25) is 0 Å². The predicted octanol–water partition coefficient (Wildman–Crippen LogP) is -0.628. The molecule has 2 heterocycles. The summed E-state index contributed by atoms with van der Waals surface area (Å²) in [4.78, 5) is 2.33. The van der Waals surface area contributed by atoms with E-state index in [-0.39, 0.29) is 6.10 Å². The Labute approximate surface area is 61.0 Å². The highest BCUT2D eigenvalue weighted by Crippen LogP contribution is 2.17. The minimum absolute atomic E-state index is 0.144. The Morgan fingerprint density at radius 2 is 2.40 bits per heavy atom. The maximum absolute atomic E-state index is 9.25. The van der Waals surface area contributed by atoms with E-state index in [1.165, 1.54) is 12.8 Å². The molecule has 0 amide bonds. The number of β-amino-alcohol motifs (C(OH)–C–C–N with tert-alkyl or cyclic N) is 1. The molecule has 0 aromatic carbocycles. The molecule has 2 aliphatic heterocycles. The van der Waals surface area contributed by atoms with Gasteiger partial charge in [-0.25, -0.2) is 0 Å². The summed E-state index contributed by atoms with van der Waals surface area (Å²) in [6.07, 6.45) is 2.97. The second kappa shape index (κ2) is 2.49. The summed E-state index contributed by atoms with van der Waals surface area (Å²) in [5, 5.41) is 12.6. The Bertz CT molecular complexity index is 129. The van der Waals surface area contributed by atoms with Gasteiger partial charge < -0.3 is 5.11 Å². The van der Waals surface area contributed by atoms with Crippen LogP contribution in [0.4, 0.5) is 0 Å². The number of aliphatic hydroxyl groups is 1. The van der Waals surface area contributed by atoms with Crippen LogP contribution in [0.15, 0.2) is 0 Å². The van der Waals surface area contributed by atoms with Crippen LogP contribution in [0.1, 0.15) is 12.8 Å². The molecule has 2 aliphatic rings. The fraction of sp³-hybridized carbons (Fsp3) is 1.00. The Balaban J connectivity index is 1.96. The number of aliphatic hydroxyl groups excluding tert-OH is 1. The smallest absolute Gasteiger partial charge is 0.0792 e. The monoisotopic (exact) mass is 142 g/mol. The molecule has 2 unspecified atom stereocenters. The Morgan fingerprint density at radius 1 is 1.50 bits per heavy atom. The molecular formula is C7H14N2O. The van der Waals surface area contributed by atoms with E-state index in [0.29, 0.717) is 6.17 Å². The van der Waals surface area contributed by atoms with Gasteiger partial charge in [0.05, 0.1) is 12.3 Å². The fourth-order valence-electron chi connectivity index (χ4n) is 1.88. The van der Waals surface area contributed by atoms with Gasteiger partial charge in [0, 0.05) is 13.1 Å². The maximum Gasteiger partial charge on any atom is 0.0792 e. The average Bonchev–Trinajstić information content (AvgIpc) is 2.33. The van der Waals surface area contributed by atoms with E-state index in [0.717, 1.165) is 19.6 Å². The quantitative estimate of drug-likeness (QED) is 0.473. The number of rotatable bonds is 0. The van der Waals surface area contributed by atoms with Gasteiger partial charge in [-0.15, -0.1) is 0 Å². The van der Waals surface area contributed by atoms with Crippen molar-refractivity contribution in [2.75, 3.05) is 19.6 Å². The SMILES string of the molecule is OC1CNC2CCCN2C1. The summed E-state index contributed by atoms with van der Waals surface area (Å²) in [5.74, 6) is 0. The summed E-state index contributed by atoms with van der Waals surface area (Å²) < 4.78 is 0. The lowest BCUT2D eigenvalue weighted by molar-refractivity contribution is 0.0529. The van der Waals surface area contributed by atoms with Crippen molar-refractivity contribution in [3.8, 4) is 0 Å². The largest absolute Gasteiger partial charge is 0.390 e. The molecule has 0 radical (unpaired) electrons. The third-order valence-electron chi connectivity index (χ3n) is 2.40. The van der Waals surface area contributed by atoms with Crippen molar-refractivity contribution in [3.05, 3.63) is 0 Å². The zero-order valence-electron chi connectivity index (χ0n) is 6.08. The van der Waals surface area contributed by atoms with Crippen molar-refractivity contribution in [2.45, 2.75) is 25.1 Å². The third-order valence-corrected chi connectivity index (χ3v) is 2.40. The first-order valence-electron chi connectivity index (χ1n) is 4.02. The predicted molar refractivity (Wildman–Crippen MR) is 38.6 cm³/mol. The van der Waals surface area contributed by atoms with E-state index in [4.69, 9.17) is 0 Å². The van der Waals surface area contributed by atoms with Gasteiger partial charge >= 0.3 is 0 Å². The van der Waals surface area contributed by atoms with E-state index in [1.54, 1.807) is 0 Å². The van der Waals surface area contributed by atoms with Crippen LogP contribution in [-0.2, 0) is 0 Å². The molecule has 0 aromatic rings. The van der Waals surface area contributed by atoms with Crippen LogP contribution in [0.5, 0.6) is 0 Å². The van der Waals surface area contributed by atoms with Gasteiger partial charge in [-0.3, -0.25) is 10.2 Å². The van der Waals surface area contributed by atoms with Crippen molar-refractivity contribution >= 4 is 0 Å². The van der Waals surface area contributed by atoms with Gasteiger partial charge in [-0.1, -0.05) is 0 Å². The van der Waals surface area contributed by atoms with Crippen LogP contribution < -0.4 is 5.32 Å². The van der Waals surface area contributed by atoms with E-state index in [9.17, 15) is 5.11 Å². The van der Waals surface area contributed by atoms with Crippen molar-refractivity contribution in [1.82, 2.24) is 10.2 Å². The summed E-state index contributed by atoms with van der Waals surface area (Å²) in [7, 11) is 0. The molecule has 0 spiro atoms. The van der Waals surface area contributed by atoms with E-state index in [2.05, 4.69) is 10.2 Å². The number of fused-ring (bicyclic) bond motifs is 1. The molecule has 10 heavy (non-hydrogen) atoms. The van der Waals surface area contributed by atoms with Crippen molar-refractivity contribution in [3.63, 3.8) is 0 Å². The first kappa shape index (κ1) is 6.58. The molecule has 0 aliphatic carbocycles. The molecular weight excluding hydrogens is 128 g/mol. The molecule has 2 N–H and O–H groups in total. The number of nitrogens with zero attached hydrogens (tertiary/aromatic N) is 1. The highest BCUT2D eigenvalue weighted by Gasteiger charge is 2.29. The number of hydrogen-bond donors (Lipinski definition) is 2. The van der Waals surface area contributed by atoms with Crippen LogP contribution in [0, 0.1) is 0 Å². The van der Waals surface area contributed by atoms with Crippen LogP contribution in [0.3, 0.4) is 0 Å². The first-order valence-corrected chi connectivity index (χ1v) is 4.02. The lowest BCUT2D eigenvalue weighted by Crippen LogP contribution is -2.54. The lowest BCUT2D eigenvalue weighted by atomic mass is 10.2. The summed E-state index contributed by atoms with van der Waals surface area (Å²) in [5.41, 5.74) is 0. The third kappa shape index (κ3) is 1.05. The van der Waals surface area contributed by atoms with Gasteiger partial charge in [0.2, 0.25) is 0 Å². The molecule has 2 saturated heterocycles. The van der Waals surface area contributed by atoms with Crippen LogP contribution >= 0.6 is 0 Å². The van der Waals surface area contributed by atoms with Crippen molar-refractivity contribution in [2.24, 2.45) is 0 Å². The Kier molecular flexibility index (Phi) is 1.64. The second-order valence-corrected chi connectivity index (χ2v) is 3.22. The van der Waals surface area contributed by atoms with Gasteiger partial charge in [0.25, 0.3) is 0 Å². The molecule has 2 rings (SSSR count). The molecule has 2 fully saturated rings. The van der Waals surface area contributed by atoms with Gasteiger partial charge in [0.15, 0.2) is 0 Å². The minimum atomic E-state index is -0.144. The molecule has 0 saturated carbocycles. The normalized spacial score (nSPS) is 41.7. The van der Waals surface area contributed by atoms with Crippen molar-refractivity contribution < 1.29 is 5.11 Å². The van der Waals surface area contributed by atoms with Crippen LogP contribution in [-0.4, -0.2) is 41.9 Å². The highest BCUT2D eigenvalue weighted by molar-refractivity contribution is 4.84. The number of nitrogens with one attached hydrogen (secondary N) is 1.